The Hall–Kier alpha value is -1.07. The predicted octanol–water partition coefficient (Wildman–Crippen LogP) is 2.99. The Morgan fingerprint density at radius 3 is 2.52 bits per heavy atom. The van der Waals surface area contributed by atoms with Crippen LogP contribution in [0.3, 0.4) is 0 Å². The molecule has 0 fully saturated rings. The van der Waals surface area contributed by atoms with Crippen LogP contribution in [0.5, 0.6) is 0 Å². The summed E-state index contributed by atoms with van der Waals surface area (Å²) in [6.07, 6.45) is 2.75. The van der Waals surface area contributed by atoms with E-state index in [9.17, 15) is 4.79 Å². The van der Waals surface area contributed by atoms with Gasteiger partial charge in [-0.1, -0.05) is 32.9 Å². The Morgan fingerprint density at radius 1 is 1.38 bits per heavy atom. The lowest BCUT2D eigenvalue weighted by molar-refractivity contribution is -0.122. The zero-order valence-electron chi connectivity index (χ0n) is 13.4. The van der Waals surface area contributed by atoms with E-state index in [2.05, 4.69) is 24.3 Å². The standard InChI is InChI=1S/C15H27N3O2.ClH/c1-5-11(6-2)14-8-12(20-18-14)9-17-15(19)13(16)7-10(3)4;/h8,10-11,13H,5-7,9,16H2,1-4H3,(H,17,19);1H/t13-;/m0./s1. The van der Waals surface area contributed by atoms with Gasteiger partial charge in [0.05, 0.1) is 18.3 Å². The number of carbonyl (C=O) groups excluding carboxylic acids is 1. The van der Waals surface area contributed by atoms with E-state index in [4.69, 9.17) is 10.3 Å². The molecular formula is C15H28ClN3O2. The van der Waals surface area contributed by atoms with Gasteiger partial charge < -0.3 is 15.6 Å². The van der Waals surface area contributed by atoms with Crippen LogP contribution < -0.4 is 11.1 Å². The first-order valence-corrected chi connectivity index (χ1v) is 7.46. The largest absolute Gasteiger partial charge is 0.359 e. The second-order valence-corrected chi connectivity index (χ2v) is 5.69. The summed E-state index contributed by atoms with van der Waals surface area (Å²) in [6.45, 7) is 8.71. The van der Waals surface area contributed by atoms with Crippen molar-refractivity contribution in [3.8, 4) is 0 Å². The molecular weight excluding hydrogens is 290 g/mol. The molecule has 0 aromatic carbocycles. The Kier molecular flexibility index (Phi) is 9.29. The monoisotopic (exact) mass is 317 g/mol. The molecule has 0 unspecified atom stereocenters. The summed E-state index contributed by atoms with van der Waals surface area (Å²) in [5.41, 5.74) is 6.78. The third-order valence-corrected chi connectivity index (χ3v) is 3.48. The number of nitrogens with two attached hydrogens (primary N) is 1. The zero-order chi connectivity index (χ0) is 15.1. The maximum atomic E-state index is 11.8. The van der Waals surface area contributed by atoms with Crippen LogP contribution in [0.4, 0.5) is 0 Å². The highest BCUT2D eigenvalue weighted by molar-refractivity contribution is 5.85. The number of nitrogens with zero attached hydrogens (tertiary/aromatic N) is 1. The average molecular weight is 318 g/mol. The minimum absolute atomic E-state index is 0. The van der Waals surface area contributed by atoms with Crippen molar-refractivity contribution >= 4 is 18.3 Å². The number of nitrogens with one attached hydrogen (secondary N) is 1. The number of carbonyl (C=O) groups is 1. The molecule has 0 aliphatic heterocycles. The van der Waals surface area contributed by atoms with E-state index in [1.807, 2.05) is 19.9 Å². The average Bonchev–Trinajstić information content (AvgIpc) is 2.85. The number of aromatic nitrogens is 1. The van der Waals surface area contributed by atoms with Crippen LogP contribution in [0.1, 0.15) is 64.3 Å². The molecule has 1 heterocycles. The summed E-state index contributed by atoms with van der Waals surface area (Å²) in [6, 6.07) is 1.46. The van der Waals surface area contributed by atoms with E-state index in [-0.39, 0.29) is 18.3 Å². The van der Waals surface area contributed by atoms with Crippen molar-refractivity contribution in [1.82, 2.24) is 10.5 Å². The lowest BCUT2D eigenvalue weighted by Crippen LogP contribution is -2.40. The maximum Gasteiger partial charge on any atom is 0.237 e. The Bertz CT molecular complexity index is 417. The molecule has 1 rings (SSSR count). The van der Waals surface area contributed by atoms with Crippen LogP contribution in [0, 0.1) is 5.92 Å². The Balaban J connectivity index is 0.00000400. The fraction of sp³-hybridized carbons (Fsp3) is 0.733. The summed E-state index contributed by atoms with van der Waals surface area (Å²) in [4.78, 5) is 11.8. The zero-order valence-corrected chi connectivity index (χ0v) is 14.2. The first-order valence-electron chi connectivity index (χ1n) is 7.46. The van der Waals surface area contributed by atoms with Crippen LogP contribution in [0.2, 0.25) is 0 Å². The molecule has 5 nitrogen and oxygen atoms in total. The summed E-state index contributed by atoms with van der Waals surface area (Å²) in [5.74, 6) is 1.37. The van der Waals surface area contributed by atoms with Crippen LogP contribution >= 0.6 is 12.4 Å². The highest BCUT2D eigenvalue weighted by Gasteiger charge is 2.16. The summed E-state index contributed by atoms with van der Waals surface area (Å²) < 4.78 is 5.25. The van der Waals surface area contributed by atoms with Gasteiger partial charge >= 0.3 is 0 Å². The van der Waals surface area contributed by atoms with E-state index >= 15 is 0 Å². The summed E-state index contributed by atoms with van der Waals surface area (Å²) >= 11 is 0. The molecule has 1 amide bonds. The number of amides is 1. The van der Waals surface area contributed by atoms with Gasteiger partial charge in [0.1, 0.15) is 0 Å². The topological polar surface area (TPSA) is 81.2 Å². The summed E-state index contributed by atoms with van der Waals surface area (Å²) in [7, 11) is 0. The molecule has 0 bridgehead atoms. The Labute approximate surface area is 133 Å². The molecule has 1 aromatic rings. The molecule has 3 N–H and O–H groups in total. The molecule has 21 heavy (non-hydrogen) atoms. The fourth-order valence-corrected chi connectivity index (χ4v) is 2.23. The fourth-order valence-electron chi connectivity index (χ4n) is 2.23. The van der Waals surface area contributed by atoms with E-state index in [1.54, 1.807) is 0 Å². The molecule has 0 saturated heterocycles. The van der Waals surface area contributed by atoms with Gasteiger partial charge in [0.25, 0.3) is 0 Å². The SMILES string of the molecule is CCC(CC)c1cc(CNC(=O)[C@@H](N)CC(C)C)on1.Cl. The minimum Gasteiger partial charge on any atom is -0.359 e. The van der Waals surface area contributed by atoms with Crippen molar-refractivity contribution in [2.24, 2.45) is 11.7 Å². The molecule has 0 aliphatic rings. The van der Waals surface area contributed by atoms with Gasteiger partial charge in [0.2, 0.25) is 5.91 Å². The van der Waals surface area contributed by atoms with Crippen molar-refractivity contribution in [1.29, 1.82) is 0 Å². The number of rotatable bonds is 8. The third-order valence-electron chi connectivity index (χ3n) is 3.48. The van der Waals surface area contributed by atoms with Gasteiger partial charge in [-0.05, 0) is 25.2 Å². The third kappa shape index (κ3) is 6.48. The van der Waals surface area contributed by atoms with Gasteiger partial charge in [-0.25, -0.2) is 0 Å². The molecule has 6 heteroatoms. The quantitative estimate of drug-likeness (QED) is 0.772. The van der Waals surface area contributed by atoms with Crippen LogP contribution in [0.15, 0.2) is 10.6 Å². The molecule has 0 radical (unpaired) electrons. The van der Waals surface area contributed by atoms with Crippen LogP contribution in [0.25, 0.3) is 0 Å². The predicted molar refractivity (Wildman–Crippen MR) is 86.4 cm³/mol. The molecule has 0 saturated carbocycles. The summed E-state index contributed by atoms with van der Waals surface area (Å²) in [5, 5.41) is 6.87. The van der Waals surface area contributed by atoms with Gasteiger partial charge in [0.15, 0.2) is 5.76 Å². The molecule has 1 aromatic heterocycles. The van der Waals surface area contributed by atoms with Crippen molar-refractivity contribution in [3.63, 3.8) is 0 Å². The van der Waals surface area contributed by atoms with E-state index < -0.39 is 6.04 Å². The second-order valence-electron chi connectivity index (χ2n) is 5.69. The number of hydrogen-bond donors (Lipinski definition) is 2. The first kappa shape index (κ1) is 19.9. The van der Waals surface area contributed by atoms with Gasteiger partial charge in [-0.2, -0.15) is 0 Å². The van der Waals surface area contributed by atoms with Gasteiger partial charge in [0, 0.05) is 12.0 Å². The lowest BCUT2D eigenvalue weighted by atomic mass is 9.99. The first-order chi connectivity index (χ1) is 9.47. The second kappa shape index (κ2) is 9.79. The minimum atomic E-state index is -0.462. The molecule has 0 aliphatic carbocycles. The number of hydrogen-bond acceptors (Lipinski definition) is 4. The Morgan fingerprint density at radius 2 is 2.00 bits per heavy atom. The number of halogens is 1. The lowest BCUT2D eigenvalue weighted by Gasteiger charge is -2.13. The highest BCUT2D eigenvalue weighted by Crippen LogP contribution is 2.22. The van der Waals surface area contributed by atoms with Gasteiger partial charge in [-0.3, -0.25) is 4.79 Å². The molecule has 122 valence electrons. The smallest absolute Gasteiger partial charge is 0.237 e. The molecule has 0 spiro atoms. The van der Waals surface area contributed by atoms with Crippen LogP contribution in [-0.4, -0.2) is 17.1 Å². The maximum absolute atomic E-state index is 11.8. The van der Waals surface area contributed by atoms with Crippen molar-refractivity contribution in [2.75, 3.05) is 0 Å². The van der Waals surface area contributed by atoms with Crippen LogP contribution in [-0.2, 0) is 11.3 Å². The van der Waals surface area contributed by atoms with Crippen molar-refractivity contribution < 1.29 is 9.32 Å². The van der Waals surface area contributed by atoms with Crippen molar-refractivity contribution in [3.05, 3.63) is 17.5 Å². The molecule has 1 atom stereocenters. The van der Waals surface area contributed by atoms with E-state index in [0.29, 0.717) is 30.6 Å². The highest BCUT2D eigenvalue weighted by atomic mass is 35.5. The normalized spacial score (nSPS) is 12.3. The van der Waals surface area contributed by atoms with E-state index in [1.165, 1.54) is 0 Å². The van der Waals surface area contributed by atoms with Gasteiger partial charge in [-0.15, -0.1) is 12.4 Å². The van der Waals surface area contributed by atoms with Crippen molar-refractivity contribution in [2.45, 2.75) is 65.5 Å². The van der Waals surface area contributed by atoms with E-state index in [0.717, 1.165) is 18.5 Å².